The zero-order chi connectivity index (χ0) is 13.4. The van der Waals surface area contributed by atoms with Crippen molar-refractivity contribution in [1.82, 2.24) is 0 Å². The van der Waals surface area contributed by atoms with Gasteiger partial charge < -0.3 is 4.23 Å². The molecule has 0 aliphatic carbocycles. The van der Waals surface area contributed by atoms with Crippen molar-refractivity contribution in [3.05, 3.63) is 29.3 Å². The van der Waals surface area contributed by atoms with Crippen molar-refractivity contribution in [3.8, 4) is 0 Å². The van der Waals surface area contributed by atoms with Crippen LogP contribution in [-0.4, -0.2) is 16.5 Å². The van der Waals surface area contributed by atoms with Gasteiger partial charge in [-0.15, -0.1) is 0 Å². The predicted molar refractivity (Wildman–Crippen MR) is 85.1 cm³/mol. The van der Waals surface area contributed by atoms with Gasteiger partial charge in [0.05, 0.1) is 0 Å². The Morgan fingerprint density at radius 2 is 1.06 bits per heavy atom. The molecular weight excluding hydrogens is 238 g/mol. The SMILES string of the molecule is Cc1cc(C)cc(N([Si](C)(C)C)[Si](C)(C)C)c1. The first kappa shape index (κ1) is 14.5. The lowest BCUT2D eigenvalue weighted by molar-refractivity contribution is 1.30. The molecular formula is C14H27NSi2. The molecule has 1 aromatic carbocycles. The summed E-state index contributed by atoms with van der Waals surface area (Å²) in [6, 6.07) is 6.96. The Balaban J connectivity index is 3.33. The van der Waals surface area contributed by atoms with Crippen molar-refractivity contribution >= 4 is 22.2 Å². The van der Waals surface area contributed by atoms with Gasteiger partial charge in [-0.3, -0.25) is 0 Å². The first-order chi connectivity index (χ1) is 7.51. The highest BCUT2D eigenvalue weighted by molar-refractivity contribution is 6.99. The van der Waals surface area contributed by atoms with Gasteiger partial charge in [-0.25, -0.2) is 0 Å². The minimum atomic E-state index is -1.31. The van der Waals surface area contributed by atoms with E-state index in [1.807, 2.05) is 0 Å². The summed E-state index contributed by atoms with van der Waals surface area (Å²) in [5, 5.41) is 0. The monoisotopic (exact) mass is 265 g/mol. The fourth-order valence-electron chi connectivity index (χ4n) is 2.86. The Bertz CT molecular complexity index is 365. The molecule has 0 bridgehead atoms. The number of nitrogens with zero attached hydrogens (tertiary/aromatic N) is 1. The first-order valence-electron chi connectivity index (χ1n) is 6.40. The second-order valence-electron chi connectivity index (χ2n) is 7.02. The second-order valence-corrected chi connectivity index (χ2v) is 17.0. The molecule has 17 heavy (non-hydrogen) atoms. The van der Waals surface area contributed by atoms with Gasteiger partial charge in [0.15, 0.2) is 0 Å². The van der Waals surface area contributed by atoms with Crippen LogP contribution in [0.2, 0.25) is 39.3 Å². The molecule has 0 heterocycles. The van der Waals surface area contributed by atoms with E-state index in [1.54, 1.807) is 0 Å². The Labute approximate surface area is 109 Å². The van der Waals surface area contributed by atoms with E-state index in [4.69, 9.17) is 0 Å². The Kier molecular flexibility index (Phi) is 3.94. The van der Waals surface area contributed by atoms with E-state index in [9.17, 15) is 0 Å². The van der Waals surface area contributed by atoms with Crippen LogP contribution in [0.25, 0.3) is 0 Å². The van der Waals surface area contributed by atoms with Crippen LogP contribution in [0.5, 0.6) is 0 Å². The minimum Gasteiger partial charge on any atom is -0.425 e. The van der Waals surface area contributed by atoms with Crippen LogP contribution in [0.3, 0.4) is 0 Å². The number of rotatable bonds is 3. The third-order valence-corrected chi connectivity index (χ3v) is 10.0. The van der Waals surface area contributed by atoms with Crippen LogP contribution in [0.4, 0.5) is 5.69 Å². The summed E-state index contributed by atoms with van der Waals surface area (Å²) in [4.78, 5) is 0. The molecule has 0 atom stereocenters. The lowest BCUT2D eigenvalue weighted by Gasteiger charge is -2.46. The fourth-order valence-corrected chi connectivity index (χ4v) is 12.7. The van der Waals surface area contributed by atoms with Crippen molar-refractivity contribution in [2.45, 2.75) is 53.1 Å². The Morgan fingerprint density at radius 3 is 1.35 bits per heavy atom. The molecule has 1 aromatic rings. The van der Waals surface area contributed by atoms with Gasteiger partial charge in [-0.05, 0) is 37.1 Å². The maximum Gasteiger partial charge on any atom is 0.138 e. The second kappa shape index (κ2) is 4.61. The highest BCUT2D eigenvalue weighted by Gasteiger charge is 2.34. The van der Waals surface area contributed by atoms with Crippen molar-refractivity contribution < 1.29 is 0 Å². The summed E-state index contributed by atoms with van der Waals surface area (Å²) in [5.41, 5.74) is 4.20. The Morgan fingerprint density at radius 1 is 0.706 bits per heavy atom. The van der Waals surface area contributed by atoms with Crippen LogP contribution in [-0.2, 0) is 0 Å². The fraction of sp³-hybridized carbons (Fsp3) is 0.571. The molecule has 0 fully saturated rings. The average Bonchev–Trinajstić information content (AvgIpc) is 1.93. The normalized spacial score (nSPS) is 12.7. The zero-order valence-corrected chi connectivity index (χ0v) is 14.7. The summed E-state index contributed by atoms with van der Waals surface area (Å²) < 4.78 is 2.78. The summed E-state index contributed by atoms with van der Waals surface area (Å²) in [6.07, 6.45) is 0. The highest BCUT2D eigenvalue weighted by atomic mass is 28.4. The van der Waals surface area contributed by atoms with Crippen molar-refractivity contribution in [3.63, 3.8) is 0 Å². The van der Waals surface area contributed by atoms with Crippen molar-refractivity contribution in [1.29, 1.82) is 0 Å². The van der Waals surface area contributed by atoms with Gasteiger partial charge in [-0.2, -0.15) is 0 Å². The number of anilines is 1. The molecule has 0 saturated carbocycles. The average molecular weight is 266 g/mol. The molecule has 1 rings (SSSR count). The van der Waals surface area contributed by atoms with E-state index in [0.717, 1.165) is 0 Å². The number of hydrogen-bond acceptors (Lipinski definition) is 1. The number of benzene rings is 1. The molecule has 0 spiro atoms. The molecule has 0 aliphatic rings. The van der Waals surface area contributed by atoms with Crippen molar-refractivity contribution in [2.24, 2.45) is 0 Å². The third kappa shape index (κ3) is 3.71. The van der Waals surface area contributed by atoms with E-state index in [0.29, 0.717) is 0 Å². The number of hydrogen-bond donors (Lipinski definition) is 0. The van der Waals surface area contributed by atoms with Gasteiger partial charge in [0.1, 0.15) is 16.5 Å². The van der Waals surface area contributed by atoms with Crippen LogP contribution >= 0.6 is 0 Å². The van der Waals surface area contributed by atoms with Crippen LogP contribution in [0, 0.1) is 13.8 Å². The standard InChI is InChI=1S/C14H27NSi2/c1-12-9-13(2)11-14(10-12)15(16(3,4)5)17(6,7)8/h9-11H,1-8H3. The smallest absolute Gasteiger partial charge is 0.138 e. The maximum atomic E-state index is 2.78. The van der Waals surface area contributed by atoms with E-state index >= 15 is 0 Å². The van der Waals surface area contributed by atoms with E-state index in [1.165, 1.54) is 16.8 Å². The molecule has 0 saturated heterocycles. The third-order valence-electron chi connectivity index (χ3n) is 2.81. The van der Waals surface area contributed by atoms with Crippen LogP contribution in [0.1, 0.15) is 11.1 Å². The van der Waals surface area contributed by atoms with Crippen LogP contribution < -0.4 is 4.23 Å². The topological polar surface area (TPSA) is 3.24 Å². The minimum absolute atomic E-state index is 1.31. The molecule has 0 radical (unpaired) electrons. The molecule has 0 aliphatic heterocycles. The van der Waals surface area contributed by atoms with E-state index in [-0.39, 0.29) is 0 Å². The summed E-state index contributed by atoms with van der Waals surface area (Å²) >= 11 is 0. The zero-order valence-electron chi connectivity index (χ0n) is 12.7. The lowest BCUT2D eigenvalue weighted by atomic mass is 10.1. The molecule has 96 valence electrons. The molecule has 0 amide bonds. The molecule has 0 aromatic heterocycles. The summed E-state index contributed by atoms with van der Waals surface area (Å²) in [5.74, 6) is 0. The van der Waals surface area contributed by atoms with Crippen molar-refractivity contribution in [2.75, 3.05) is 4.23 Å². The lowest BCUT2D eigenvalue weighted by Crippen LogP contribution is -2.59. The first-order valence-corrected chi connectivity index (χ1v) is 13.3. The van der Waals surface area contributed by atoms with Crippen LogP contribution in [0.15, 0.2) is 18.2 Å². The molecule has 0 N–H and O–H groups in total. The van der Waals surface area contributed by atoms with Gasteiger partial charge in [0.25, 0.3) is 0 Å². The Hall–Kier alpha value is -0.546. The predicted octanol–water partition coefficient (Wildman–Crippen LogP) is 4.78. The highest BCUT2D eigenvalue weighted by Crippen LogP contribution is 2.29. The largest absolute Gasteiger partial charge is 0.425 e. The summed E-state index contributed by atoms with van der Waals surface area (Å²) in [6.45, 7) is 19.1. The van der Waals surface area contributed by atoms with E-state index in [2.05, 4.69) is 75.6 Å². The van der Waals surface area contributed by atoms with E-state index < -0.39 is 16.5 Å². The van der Waals surface area contributed by atoms with Gasteiger partial charge >= 0.3 is 0 Å². The van der Waals surface area contributed by atoms with Gasteiger partial charge in [-0.1, -0.05) is 45.3 Å². The van der Waals surface area contributed by atoms with Gasteiger partial charge in [0.2, 0.25) is 0 Å². The molecule has 1 nitrogen and oxygen atoms in total. The summed E-state index contributed by atoms with van der Waals surface area (Å²) in [7, 11) is -2.63. The molecule has 3 heteroatoms. The number of aryl methyl sites for hydroxylation is 2. The quantitative estimate of drug-likeness (QED) is 0.711. The maximum absolute atomic E-state index is 2.78. The molecule has 0 unspecified atom stereocenters. The van der Waals surface area contributed by atoms with Gasteiger partial charge in [0, 0.05) is 5.69 Å².